The lowest BCUT2D eigenvalue weighted by Crippen LogP contribution is -2.09. The summed E-state index contributed by atoms with van der Waals surface area (Å²) >= 11 is 3.01. The van der Waals surface area contributed by atoms with E-state index in [1.165, 1.54) is 12.1 Å². The Hall–Kier alpha value is -1.94. The lowest BCUT2D eigenvalue weighted by molar-refractivity contribution is -0.386. The molecule has 6 nitrogen and oxygen atoms in total. The second-order valence-electron chi connectivity index (χ2n) is 3.28. The molecule has 0 saturated heterocycles. The van der Waals surface area contributed by atoms with Crippen LogP contribution < -0.4 is 0 Å². The third kappa shape index (κ3) is 3.05. The van der Waals surface area contributed by atoms with Gasteiger partial charge in [0.2, 0.25) is 0 Å². The molecule has 0 amide bonds. The number of hydrogen-bond acceptors (Lipinski definition) is 5. The van der Waals surface area contributed by atoms with Crippen LogP contribution in [-0.4, -0.2) is 17.5 Å². The summed E-state index contributed by atoms with van der Waals surface area (Å²) in [6.45, 7) is 1.88. The van der Waals surface area contributed by atoms with Crippen LogP contribution in [0, 0.1) is 21.4 Å². The molecule has 18 heavy (non-hydrogen) atoms. The molecule has 1 aromatic carbocycles. The molecule has 0 fully saturated rings. The second-order valence-corrected chi connectivity index (χ2v) is 4.14. The smallest absolute Gasteiger partial charge is 0.310 e. The van der Waals surface area contributed by atoms with Crippen molar-refractivity contribution in [3.63, 3.8) is 0 Å². The van der Waals surface area contributed by atoms with Crippen LogP contribution in [0.3, 0.4) is 0 Å². The maximum Gasteiger partial charge on any atom is 0.310 e. The Labute approximate surface area is 111 Å². The van der Waals surface area contributed by atoms with Gasteiger partial charge >= 0.3 is 11.7 Å². The fourth-order valence-corrected chi connectivity index (χ4v) is 1.90. The van der Waals surface area contributed by atoms with Crippen molar-refractivity contribution < 1.29 is 14.5 Å². The van der Waals surface area contributed by atoms with Crippen LogP contribution in [-0.2, 0) is 16.0 Å². The molecule has 94 valence electrons. The molecule has 0 aromatic heterocycles. The number of nitrogens with zero attached hydrogens (tertiary/aromatic N) is 2. The predicted molar refractivity (Wildman–Crippen MR) is 65.8 cm³/mol. The van der Waals surface area contributed by atoms with E-state index in [2.05, 4.69) is 15.9 Å². The minimum atomic E-state index is -0.655. The molecular formula is C11H9BrN2O4. The molecule has 0 aliphatic rings. The predicted octanol–water partition coefficient (Wildman–Crippen LogP) is 2.33. The van der Waals surface area contributed by atoms with E-state index in [4.69, 9.17) is 10.00 Å². The van der Waals surface area contributed by atoms with E-state index in [0.717, 1.165) is 0 Å². The SMILES string of the molecule is CCOC(=O)Cc1ccc(Br)c([N+](=O)[O-])c1C#N. The van der Waals surface area contributed by atoms with Gasteiger partial charge in [-0.1, -0.05) is 6.07 Å². The highest BCUT2D eigenvalue weighted by molar-refractivity contribution is 9.10. The molecule has 0 atom stereocenters. The molecule has 0 spiro atoms. The van der Waals surface area contributed by atoms with Gasteiger partial charge in [-0.05, 0) is 34.5 Å². The molecule has 0 aliphatic heterocycles. The highest BCUT2D eigenvalue weighted by atomic mass is 79.9. The Morgan fingerprint density at radius 3 is 2.78 bits per heavy atom. The van der Waals surface area contributed by atoms with Crippen LogP contribution in [0.15, 0.2) is 16.6 Å². The summed E-state index contributed by atoms with van der Waals surface area (Å²) in [5, 5.41) is 19.9. The summed E-state index contributed by atoms with van der Waals surface area (Å²) < 4.78 is 4.95. The first-order valence-corrected chi connectivity index (χ1v) is 5.82. The van der Waals surface area contributed by atoms with Gasteiger partial charge in [0.15, 0.2) is 0 Å². The summed E-state index contributed by atoms with van der Waals surface area (Å²) in [6, 6.07) is 4.69. The monoisotopic (exact) mass is 312 g/mol. The number of esters is 1. The largest absolute Gasteiger partial charge is 0.466 e. The molecule has 1 rings (SSSR count). The lowest BCUT2D eigenvalue weighted by Gasteiger charge is -2.05. The van der Waals surface area contributed by atoms with Gasteiger partial charge in [0.1, 0.15) is 11.6 Å². The number of carbonyl (C=O) groups is 1. The Balaban J connectivity index is 3.22. The number of halogens is 1. The highest BCUT2D eigenvalue weighted by Crippen LogP contribution is 2.31. The molecule has 0 unspecified atom stereocenters. The average Bonchev–Trinajstić information content (AvgIpc) is 2.30. The number of carbonyl (C=O) groups excluding carboxylic acids is 1. The van der Waals surface area contributed by atoms with Gasteiger partial charge < -0.3 is 4.74 Å². The summed E-state index contributed by atoms with van der Waals surface area (Å²) in [7, 11) is 0. The van der Waals surface area contributed by atoms with Gasteiger partial charge in [-0.25, -0.2) is 0 Å². The number of nitro benzene ring substituents is 1. The second kappa shape index (κ2) is 6.12. The Morgan fingerprint density at radius 1 is 1.61 bits per heavy atom. The first kappa shape index (κ1) is 14.1. The van der Waals surface area contributed by atoms with E-state index in [1.54, 1.807) is 13.0 Å². The minimum absolute atomic E-state index is 0.123. The molecule has 0 saturated carbocycles. The van der Waals surface area contributed by atoms with Crippen molar-refractivity contribution in [1.82, 2.24) is 0 Å². The topological polar surface area (TPSA) is 93.2 Å². The number of benzene rings is 1. The van der Waals surface area contributed by atoms with E-state index in [1.807, 2.05) is 0 Å². The van der Waals surface area contributed by atoms with Crippen LogP contribution in [0.25, 0.3) is 0 Å². The maximum absolute atomic E-state index is 11.3. The first-order chi connectivity index (χ1) is 8.51. The Bertz CT molecular complexity index is 537. The summed E-state index contributed by atoms with van der Waals surface area (Å²) in [5.74, 6) is -0.523. The van der Waals surface area contributed by atoms with Crippen molar-refractivity contribution in [2.75, 3.05) is 6.61 Å². The highest BCUT2D eigenvalue weighted by Gasteiger charge is 2.23. The standard InChI is InChI=1S/C11H9BrN2O4/c1-2-18-10(15)5-7-3-4-9(12)11(14(16)17)8(7)6-13/h3-4H,2,5H2,1H3. The lowest BCUT2D eigenvalue weighted by atomic mass is 10.0. The van der Waals surface area contributed by atoms with Gasteiger partial charge in [0, 0.05) is 0 Å². The molecule has 7 heteroatoms. The van der Waals surface area contributed by atoms with Crippen molar-refractivity contribution in [1.29, 1.82) is 5.26 Å². The molecular weight excluding hydrogens is 304 g/mol. The zero-order valence-electron chi connectivity index (χ0n) is 9.47. The fourth-order valence-electron chi connectivity index (χ4n) is 1.43. The van der Waals surface area contributed by atoms with Crippen molar-refractivity contribution in [2.45, 2.75) is 13.3 Å². The van der Waals surface area contributed by atoms with Gasteiger partial charge in [-0.3, -0.25) is 14.9 Å². The quantitative estimate of drug-likeness (QED) is 0.483. The number of nitriles is 1. The van der Waals surface area contributed by atoms with E-state index in [0.29, 0.717) is 0 Å². The summed E-state index contributed by atoms with van der Waals surface area (Å²) in [5.41, 5.74) is -0.174. The molecule has 0 bridgehead atoms. The normalized spacial score (nSPS) is 9.61. The van der Waals surface area contributed by atoms with Crippen LogP contribution in [0.1, 0.15) is 18.1 Å². The van der Waals surface area contributed by atoms with Crippen molar-refractivity contribution in [3.05, 3.63) is 37.8 Å². The number of nitro groups is 1. The van der Waals surface area contributed by atoms with E-state index in [-0.39, 0.29) is 34.3 Å². The number of hydrogen-bond donors (Lipinski definition) is 0. The number of ether oxygens (including phenoxy) is 1. The van der Waals surface area contributed by atoms with Crippen LogP contribution in [0.2, 0.25) is 0 Å². The van der Waals surface area contributed by atoms with Gasteiger partial charge in [-0.15, -0.1) is 0 Å². The molecule has 0 N–H and O–H groups in total. The minimum Gasteiger partial charge on any atom is -0.466 e. The third-order valence-electron chi connectivity index (χ3n) is 2.15. The maximum atomic E-state index is 11.3. The van der Waals surface area contributed by atoms with E-state index < -0.39 is 10.9 Å². The van der Waals surface area contributed by atoms with Gasteiger partial charge in [-0.2, -0.15) is 5.26 Å². The van der Waals surface area contributed by atoms with Crippen LogP contribution >= 0.6 is 15.9 Å². The van der Waals surface area contributed by atoms with Crippen LogP contribution in [0.5, 0.6) is 0 Å². The van der Waals surface area contributed by atoms with Crippen molar-refractivity contribution in [2.24, 2.45) is 0 Å². The number of rotatable bonds is 4. The van der Waals surface area contributed by atoms with E-state index in [9.17, 15) is 14.9 Å². The molecule has 0 heterocycles. The Kier molecular flexibility index (Phi) is 4.80. The molecule has 1 aromatic rings. The zero-order chi connectivity index (χ0) is 13.7. The zero-order valence-corrected chi connectivity index (χ0v) is 11.1. The summed E-state index contributed by atoms with van der Waals surface area (Å²) in [6.07, 6.45) is -0.162. The van der Waals surface area contributed by atoms with Gasteiger partial charge in [0.25, 0.3) is 0 Å². The Morgan fingerprint density at radius 2 is 2.28 bits per heavy atom. The molecule has 0 radical (unpaired) electrons. The third-order valence-corrected chi connectivity index (χ3v) is 2.79. The average molecular weight is 313 g/mol. The van der Waals surface area contributed by atoms with Gasteiger partial charge in [0.05, 0.1) is 22.4 Å². The van der Waals surface area contributed by atoms with Crippen LogP contribution in [0.4, 0.5) is 5.69 Å². The molecule has 0 aliphatic carbocycles. The van der Waals surface area contributed by atoms with E-state index >= 15 is 0 Å². The first-order valence-electron chi connectivity index (χ1n) is 5.02. The summed E-state index contributed by atoms with van der Waals surface area (Å²) in [4.78, 5) is 21.6. The fraction of sp³-hybridized carbons (Fsp3) is 0.273. The van der Waals surface area contributed by atoms with Crippen molar-refractivity contribution in [3.8, 4) is 6.07 Å². The van der Waals surface area contributed by atoms with Crippen molar-refractivity contribution >= 4 is 27.6 Å².